The second-order valence-electron chi connectivity index (χ2n) is 5.84. The van der Waals surface area contributed by atoms with Crippen molar-refractivity contribution in [3.05, 3.63) is 47.9 Å². The maximum Gasteiger partial charge on any atom is 0.286 e. The molecule has 7 heteroatoms. The van der Waals surface area contributed by atoms with Gasteiger partial charge in [-0.1, -0.05) is 6.07 Å². The van der Waals surface area contributed by atoms with Crippen LogP contribution in [0.25, 0.3) is 0 Å². The molecule has 1 unspecified atom stereocenters. The van der Waals surface area contributed by atoms with E-state index in [1.165, 1.54) is 6.26 Å². The lowest BCUT2D eigenvalue weighted by Gasteiger charge is -2.17. The molecule has 0 saturated carbocycles. The first-order valence-corrected chi connectivity index (χ1v) is 9.05. The Balaban J connectivity index is 1.86. The minimum Gasteiger partial charge on any atom is -0.490 e. The number of ether oxygens (including phenoxy) is 2. The van der Waals surface area contributed by atoms with Gasteiger partial charge in [-0.2, -0.15) is 0 Å². The Morgan fingerprint density at radius 2 is 1.85 bits per heavy atom. The predicted octanol–water partition coefficient (Wildman–Crippen LogP) is 3.07. The summed E-state index contributed by atoms with van der Waals surface area (Å²) in [6.07, 6.45) is 1.60. The number of benzene rings is 1. The minimum absolute atomic E-state index is 0.158. The van der Waals surface area contributed by atoms with Crippen LogP contribution < -0.4 is 20.1 Å². The largest absolute Gasteiger partial charge is 0.490 e. The number of carbonyl (C=O) groups excluding carboxylic acids is 2. The summed E-state index contributed by atoms with van der Waals surface area (Å²) in [5, 5.41) is 5.56. The molecule has 0 aliphatic rings. The van der Waals surface area contributed by atoms with Gasteiger partial charge in [0.15, 0.2) is 17.3 Å². The third-order valence-corrected chi connectivity index (χ3v) is 3.83. The summed E-state index contributed by atoms with van der Waals surface area (Å²) in [6, 6.07) is 8.62. The molecular weight excluding hydrogens is 348 g/mol. The molecule has 0 saturated heterocycles. The van der Waals surface area contributed by atoms with E-state index in [9.17, 15) is 9.59 Å². The molecule has 0 aliphatic heterocycles. The number of hydrogen-bond donors (Lipinski definition) is 2. The summed E-state index contributed by atoms with van der Waals surface area (Å²) in [4.78, 5) is 23.9. The van der Waals surface area contributed by atoms with Gasteiger partial charge >= 0.3 is 0 Å². The van der Waals surface area contributed by atoms with Gasteiger partial charge in [-0.05, 0) is 50.6 Å². The molecule has 7 nitrogen and oxygen atoms in total. The predicted molar refractivity (Wildman–Crippen MR) is 101 cm³/mol. The van der Waals surface area contributed by atoms with Crippen molar-refractivity contribution in [1.29, 1.82) is 0 Å². The maximum atomic E-state index is 12.1. The molecule has 1 heterocycles. The molecule has 27 heavy (non-hydrogen) atoms. The van der Waals surface area contributed by atoms with Gasteiger partial charge in [-0.25, -0.2) is 0 Å². The van der Waals surface area contributed by atoms with Crippen LogP contribution in [0.4, 0.5) is 0 Å². The van der Waals surface area contributed by atoms with Gasteiger partial charge in [0.1, 0.15) is 0 Å². The van der Waals surface area contributed by atoms with Crippen LogP contribution in [-0.2, 0) is 4.79 Å². The van der Waals surface area contributed by atoms with Crippen molar-refractivity contribution in [3.8, 4) is 11.5 Å². The molecule has 0 aliphatic carbocycles. The topological polar surface area (TPSA) is 89.8 Å². The second kappa shape index (κ2) is 10.3. The van der Waals surface area contributed by atoms with E-state index in [1.54, 1.807) is 12.1 Å². The molecule has 1 aromatic heterocycles. The first-order valence-electron chi connectivity index (χ1n) is 9.05. The van der Waals surface area contributed by atoms with E-state index in [4.69, 9.17) is 13.9 Å². The first-order chi connectivity index (χ1) is 13.0. The molecule has 2 rings (SSSR count). The van der Waals surface area contributed by atoms with Crippen LogP contribution in [0.2, 0.25) is 0 Å². The van der Waals surface area contributed by atoms with Gasteiger partial charge in [-0.15, -0.1) is 0 Å². The molecule has 0 radical (unpaired) electrons. The number of nitrogens with one attached hydrogen (secondary N) is 2. The molecule has 1 aromatic carbocycles. The van der Waals surface area contributed by atoms with Crippen LogP contribution >= 0.6 is 0 Å². The average Bonchev–Trinajstić information content (AvgIpc) is 3.18. The molecule has 2 aromatic rings. The highest BCUT2D eigenvalue weighted by Crippen LogP contribution is 2.30. The van der Waals surface area contributed by atoms with Crippen LogP contribution in [0.15, 0.2) is 41.0 Å². The summed E-state index contributed by atoms with van der Waals surface area (Å²) in [7, 11) is 0. The molecule has 0 bridgehead atoms. The molecule has 1 atom stereocenters. The summed E-state index contributed by atoms with van der Waals surface area (Å²) in [5.74, 6) is 1.07. The zero-order chi connectivity index (χ0) is 19.6. The molecule has 146 valence electrons. The van der Waals surface area contributed by atoms with Crippen molar-refractivity contribution in [2.75, 3.05) is 19.8 Å². The van der Waals surface area contributed by atoms with Crippen LogP contribution in [-0.4, -0.2) is 31.6 Å². The normalized spacial score (nSPS) is 11.5. The van der Waals surface area contributed by atoms with Crippen LogP contribution in [0.1, 0.15) is 49.4 Å². The van der Waals surface area contributed by atoms with Gasteiger partial charge in [0.25, 0.3) is 5.91 Å². The fourth-order valence-electron chi connectivity index (χ4n) is 2.52. The zero-order valence-electron chi connectivity index (χ0n) is 15.9. The third kappa shape index (κ3) is 6.06. The molecule has 0 spiro atoms. The number of amides is 2. The van der Waals surface area contributed by atoms with E-state index in [0.717, 1.165) is 5.56 Å². The van der Waals surface area contributed by atoms with Crippen molar-refractivity contribution in [2.24, 2.45) is 0 Å². The molecular formula is C20H26N2O5. The fraction of sp³-hybridized carbons (Fsp3) is 0.400. The highest BCUT2D eigenvalue weighted by molar-refractivity contribution is 5.91. The highest BCUT2D eigenvalue weighted by Gasteiger charge is 2.14. The van der Waals surface area contributed by atoms with Gasteiger partial charge in [0, 0.05) is 13.0 Å². The van der Waals surface area contributed by atoms with Gasteiger partial charge in [0.2, 0.25) is 5.91 Å². The Hall–Kier alpha value is -2.96. The quantitative estimate of drug-likeness (QED) is 0.667. The summed E-state index contributed by atoms with van der Waals surface area (Å²) in [6.45, 7) is 7.02. The molecule has 0 fully saturated rings. The van der Waals surface area contributed by atoms with Crippen LogP contribution in [0, 0.1) is 0 Å². The Bertz CT molecular complexity index is 743. The Morgan fingerprint density at radius 1 is 1.11 bits per heavy atom. The van der Waals surface area contributed by atoms with E-state index in [-0.39, 0.29) is 36.6 Å². The van der Waals surface area contributed by atoms with E-state index in [1.807, 2.05) is 39.0 Å². The van der Waals surface area contributed by atoms with Gasteiger partial charge in [0.05, 0.1) is 25.5 Å². The molecule has 2 amide bonds. The number of furan rings is 1. The lowest BCUT2D eigenvalue weighted by Crippen LogP contribution is -2.32. The Kier molecular flexibility index (Phi) is 7.73. The third-order valence-electron chi connectivity index (χ3n) is 3.83. The fourth-order valence-corrected chi connectivity index (χ4v) is 2.52. The smallest absolute Gasteiger partial charge is 0.286 e. The van der Waals surface area contributed by atoms with E-state index < -0.39 is 0 Å². The second-order valence-corrected chi connectivity index (χ2v) is 5.84. The number of hydrogen-bond acceptors (Lipinski definition) is 5. The van der Waals surface area contributed by atoms with Crippen molar-refractivity contribution in [1.82, 2.24) is 10.6 Å². The Labute approximate surface area is 159 Å². The SMILES string of the molecule is CCOc1ccc(C(C)NC(=O)CCNC(=O)c2ccco2)cc1OCC. The van der Waals surface area contributed by atoms with Crippen molar-refractivity contribution >= 4 is 11.8 Å². The highest BCUT2D eigenvalue weighted by atomic mass is 16.5. The van der Waals surface area contributed by atoms with Crippen LogP contribution in [0.5, 0.6) is 11.5 Å². The number of carbonyl (C=O) groups is 2. The summed E-state index contributed by atoms with van der Waals surface area (Å²) in [5.41, 5.74) is 0.912. The van der Waals surface area contributed by atoms with E-state index in [0.29, 0.717) is 24.7 Å². The summed E-state index contributed by atoms with van der Waals surface area (Å²) < 4.78 is 16.2. The van der Waals surface area contributed by atoms with Gasteiger partial charge < -0.3 is 24.5 Å². The molecule has 2 N–H and O–H groups in total. The van der Waals surface area contributed by atoms with Crippen molar-refractivity contribution in [3.63, 3.8) is 0 Å². The van der Waals surface area contributed by atoms with Crippen molar-refractivity contribution < 1.29 is 23.5 Å². The van der Waals surface area contributed by atoms with Crippen molar-refractivity contribution in [2.45, 2.75) is 33.2 Å². The van der Waals surface area contributed by atoms with E-state index >= 15 is 0 Å². The number of rotatable bonds is 10. The minimum atomic E-state index is -0.339. The maximum absolute atomic E-state index is 12.1. The lowest BCUT2D eigenvalue weighted by atomic mass is 10.1. The first kappa shape index (κ1) is 20.4. The monoisotopic (exact) mass is 374 g/mol. The lowest BCUT2D eigenvalue weighted by molar-refractivity contribution is -0.121. The Morgan fingerprint density at radius 3 is 2.52 bits per heavy atom. The van der Waals surface area contributed by atoms with Gasteiger partial charge in [-0.3, -0.25) is 9.59 Å². The zero-order valence-corrected chi connectivity index (χ0v) is 15.9. The van der Waals surface area contributed by atoms with E-state index in [2.05, 4.69) is 10.6 Å². The average molecular weight is 374 g/mol. The standard InChI is InChI=1S/C20H26N2O5/c1-4-25-16-9-8-15(13-18(16)26-5-2)14(3)22-19(23)10-11-21-20(24)17-7-6-12-27-17/h6-9,12-14H,4-5,10-11H2,1-3H3,(H,21,24)(H,22,23). The van der Waals surface area contributed by atoms with Crippen LogP contribution in [0.3, 0.4) is 0 Å². The summed E-state index contributed by atoms with van der Waals surface area (Å²) >= 11 is 0.